The van der Waals surface area contributed by atoms with Crippen LogP contribution in [0.2, 0.25) is 0 Å². The summed E-state index contributed by atoms with van der Waals surface area (Å²) in [5.41, 5.74) is 1.36. The second kappa shape index (κ2) is 9.52. The third-order valence-corrected chi connectivity index (χ3v) is 7.09. The van der Waals surface area contributed by atoms with Crippen molar-refractivity contribution in [2.75, 3.05) is 43.9 Å². The predicted octanol–water partition coefficient (Wildman–Crippen LogP) is 3.42. The van der Waals surface area contributed by atoms with Gasteiger partial charge in [-0.1, -0.05) is 17.3 Å². The first-order chi connectivity index (χ1) is 16.3. The summed E-state index contributed by atoms with van der Waals surface area (Å²) >= 11 is 0. The maximum Gasteiger partial charge on any atom is 0.264 e. The van der Waals surface area contributed by atoms with Gasteiger partial charge in [0.15, 0.2) is 11.4 Å². The first-order valence-electron chi connectivity index (χ1n) is 11.4. The van der Waals surface area contributed by atoms with Gasteiger partial charge in [0, 0.05) is 38.1 Å². The number of nitrogens with zero attached hydrogens (tertiary/aromatic N) is 3. The Kier molecular flexibility index (Phi) is 6.46. The third kappa shape index (κ3) is 5.34. The summed E-state index contributed by atoms with van der Waals surface area (Å²) in [5, 5.41) is 4.93. The van der Waals surface area contributed by atoms with E-state index in [1.54, 1.807) is 6.07 Å². The molecule has 0 saturated carbocycles. The second-order valence-electron chi connectivity index (χ2n) is 9.11. The van der Waals surface area contributed by atoms with E-state index in [9.17, 15) is 12.8 Å². The summed E-state index contributed by atoms with van der Waals surface area (Å²) in [7, 11) is -3.48. The van der Waals surface area contributed by atoms with Gasteiger partial charge in [0.05, 0.1) is 24.9 Å². The van der Waals surface area contributed by atoms with Crippen molar-refractivity contribution in [2.24, 2.45) is 5.92 Å². The van der Waals surface area contributed by atoms with Crippen LogP contribution in [-0.2, 0) is 20.9 Å². The van der Waals surface area contributed by atoms with E-state index < -0.39 is 10.1 Å². The molecule has 2 atom stereocenters. The minimum absolute atomic E-state index is 0.00112. The zero-order chi connectivity index (χ0) is 23.7. The molecule has 0 spiro atoms. The normalized spacial score (nSPS) is 21.5. The van der Waals surface area contributed by atoms with E-state index in [1.807, 2.05) is 24.3 Å². The number of ether oxygens (including phenoxy) is 1. The lowest BCUT2D eigenvalue weighted by Gasteiger charge is -2.46. The fourth-order valence-electron chi connectivity index (χ4n) is 4.83. The summed E-state index contributed by atoms with van der Waals surface area (Å²) in [4.78, 5) is 4.71. The molecule has 2 aliphatic heterocycles. The molecule has 2 aromatic carbocycles. The highest BCUT2D eigenvalue weighted by Crippen LogP contribution is 2.32. The number of hydrogen-bond acceptors (Lipinski definition) is 8. The molecule has 8 nitrogen and oxygen atoms in total. The van der Waals surface area contributed by atoms with Gasteiger partial charge in [-0.25, -0.2) is 4.39 Å². The SMILES string of the molecule is CS(=O)(=O)OCc1cccc(OC[C@H]2CC[C@H]3CN(c4noc5ccc(F)cc45)CCN3C2)c1. The lowest BCUT2D eigenvalue weighted by molar-refractivity contribution is 0.0726. The highest BCUT2D eigenvalue weighted by Gasteiger charge is 2.34. The van der Waals surface area contributed by atoms with Crippen LogP contribution < -0.4 is 9.64 Å². The molecule has 2 fully saturated rings. The average molecular weight is 490 g/mol. The molecular formula is C24H28FN3O5S. The van der Waals surface area contributed by atoms with Crippen LogP contribution in [0.15, 0.2) is 47.0 Å². The van der Waals surface area contributed by atoms with Crippen LogP contribution in [0, 0.1) is 11.7 Å². The molecule has 3 heterocycles. The van der Waals surface area contributed by atoms with Crippen LogP contribution in [0.5, 0.6) is 5.75 Å². The highest BCUT2D eigenvalue weighted by atomic mass is 32.2. The Morgan fingerprint density at radius 1 is 1.15 bits per heavy atom. The van der Waals surface area contributed by atoms with Crippen molar-refractivity contribution in [1.29, 1.82) is 0 Å². The maximum absolute atomic E-state index is 13.7. The number of piperazine rings is 1. The van der Waals surface area contributed by atoms with Crippen LogP contribution in [0.4, 0.5) is 10.2 Å². The fraction of sp³-hybridized carbons (Fsp3) is 0.458. The molecule has 10 heteroatoms. The zero-order valence-corrected chi connectivity index (χ0v) is 19.8. The minimum atomic E-state index is -3.48. The zero-order valence-electron chi connectivity index (χ0n) is 19.0. The largest absolute Gasteiger partial charge is 0.493 e. The van der Waals surface area contributed by atoms with Crippen LogP contribution in [0.3, 0.4) is 0 Å². The number of benzene rings is 2. The summed E-state index contributed by atoms with van der Waals surface area (Å²) in [6, 6.07) is 12.3. The molecule has 0 unspecified atom stereocenters. The van der Waals surface area contributed by atoms with Gasteiger partial charge in [0.2, 0.25) is 0 Å². The number of anilines is 1. The summed E-state index contributed by atoms with van der Waals surface area (Å²) < 4.78 is 52.5. The standard InChI is InChI=1S/C24H28FN3O5S/c1-34(29,30)32-16-17-3-2-4-21(11-17)31-15-18-5-7-20-14-28(10-9-27(20)13-18)24-22-12-19(25)6-8-23(22)33-26-24/h2-4,6,8,11-12,18,20H,5,7,9-10,13-16H2,1H3/t18-,20-/m0/s1. The number of halogens is 1. The quantitative estimate of drug-likeness (QED) is 0.467. The molecule has 2 aliphatic rings. The number of aromatic nitrogens is 1. The van der Waals surface area contributed by atoms with Gasteiger partial charge in [0.1, 0.15) is 11.6 Å². The minimum Gasteiger partial charge on any atom is -0.493 e. The Morgan fingerprint density at radius 2 is 2.03 bits per heavy atom. The number of hydrogen-bond donors (Lipinski definition) is 0. The van der Waals surface area contributed by atoms with Crippen LogP contribution >= 0.6 is 0 Å². The molecule has 0 amide bonds. The lowest BCUT2D eigenvalue weighted by atomic mass is 9.91. The summed E-state index contributed by atoms with van der Waals surface area (Å²) in [5.74, 6) is 1.57. The Labute approximate surface area is 198 Å². The number of piperidine rings is 1. The molecule has 2 saturated heterocycles. The average Bonchev–Trinajstić information content (AvgIpc) is 3.24. The number of rotatable bonds is 7. The van der Waals surface area contributed by atoms with Gasteiger partial charge in [-0.3, -0.25) is 9.08 Å². The van der Waals surface area contributed by atoms with E-state index in [-0.39, 0.29) is 12.4 Å². The Morgan fingerprint density at radius 3 is 2.88 bits per heavy atom. The molecular weight excluding hydrogens is 461 g/mol. The van der Waals surface area contributed by atoms with E-state index in [1.165, 1.54) is 12.1 Å². The van der Waals surface area contributed by atoms with Crippen LogP contribution in [0.25, 0.3) is 11.0 Å². The second-order valence-corrected chi connectivity index (χ2v) is 10.8. The van der Waals surface area contributed by atoms with Crippen molar-refractivity contribution in [3.63, 3.8) is 0 Å². The van der Waals surface area contributed by atoms with Gasteiger partial charge in [-0.05, 0) is 48.7 Å². The van der Waals surface area contributed by atoms with Crippen molar-refractivity contribution in [3.8, 4) is 5.75 Å². The Bertz CT molecular complexity index is 1260. The third-order valence-electron chi connectivity index (χ3n) is 6.54. The van der Waals surface area contributed by atoms with E-state index in [0.717, 1.165) is 62.0 Å². The molecule has 5 rings (SSSR count). The molecule has 0 aliphatic carbocycles. The van der Waals surface area contributed by atoms with E-state index in [2.05, 4.69) is 15.0 Å². The van der Waals surface area contributed by atoms with Crippen molar-refractivity contribution >= 4 is 26.9 Å². The van der Waals surface area contributed by atoms with Gasteiger partial charge < -0.3 is 14.2 Å². The highest BCUT2D eigenvalue weighted by molar-refractivity contribution is 7.85. The molecule has 182 valence electrons. The topological polar surface area (TPSA) is 85.1 Å². The van der Waals surface area contributed by atoms with E-state index in [0.29, 0.717) is 29.9 Å². The van der Waals surface area contributed by atoms with Crippen molar-refractivity contribution < 1.29 is 26.3 Å². The Hall–Kier alpha value is -2.69. The smallest absolute Gasteiger partial charge is 0.264 e. The molecule has 1 aromatic heterocycles. The van der Waals surface area contributed by atoms with Crippen molar-refractivity contribution in [3.05, 3.63) is 53.8 Å². The molecule has 0 radical (unpaired) electrons. The molecule has 0 N–H and O–H groups in total. The summed E-state index contributed by atoms with van der Waals surface area (Å²) in [6.07, 6.45) is 3.15. The fourth-order valence-corrected chi connectivity index (χ4v) is 5.18. The predicted molar refractivity (Wildman–Crippen MR) is 126 cm³/mol. The molecule has 34 heavy (non-hydrogen) atoms. The van der Waals surface area contributed by atoms with Gasteiger partial charge in [0.25, 0.3) is 10.1 Å². The lowest BCUT2D eigenvalue weighted by Crippen LogP contribution is -2.57. The van der Waals surface area contributed by atoms with E-state index >= 15 is 0 Å². The first kappa shape index (κ1) is 23.1. The van der Waals surface area contributed by atoms with Gasteiger partial charge >= 0.3 is 0 Å². The summed E-state index contributed by atoms with van der Waals surface area (Å²) in [6.45, 7) is 4.13. The molecule has 0 bridgehead atoms. The first-order valence-corrected chi connectivity index (χ1v) is 13.3. The van der Waals surface area contributed by atoms with Crippen LogP contribution in [-0.4, -0.2) is 63.6 Å². The van der Waals surface area contributed by atoms with Crippen LogP contribution in [0.1, 0.15) is 18.4 Å². The number of fused-ring (bicyclic) bond motifs is 2. The van der Waals surface area contributed by atoms with Crippen molar-refractivity contribution in [1.82, 2.24) is 10.1 Å². The van der Waals surface area contributed by atoms with Crippen molar-refractivity contribution in [2.45, 2.75) is 25.5 Å². The monoisotopic (exact) mass is 489 g/mol. The van der Waals surface area contributed by atoms with E-state index in [4.69, 9.17) is 13.4 Å². The van der Waals surface area contributed by atoms with Gasteiger partial charge in [-0.2, -0.15) is 8.42 Å². The maximum atomic E-state index is 13.7. The molecule has 3 aromatic rings. The Balaban J connectivity index is 1.15. The van der Waals surface area contributed by atoms with Gasteiger partial charge in [-0.15, -0.1) is 0 Å².